The lowest BCUT2D eigenvalue weighted by Gasteiger charge is -2.19. The first-order valence-electron chi connectivity index (χ1n) is 6.30. The highest BCUT2D eigenvalue weighted by atomic mass is 32.2. The van der Waals surface area contributed by atoms with E-state index in [9.17, 15) is 13.2 Å². The van der Waals surface area contributed by atoms with Crippen molar-refractivity contribution in [2.24, 2.45) is 0 Å². The molecule has 0 aliphatic heterocycles. The largest absolute Gasteiger partial charge is 0.481 e. The number of pyridine rings is 1. The predicted octanol–water partition coefficient (Wildman–Crippen LogP) is 0.932. The average molecular weight is 317 g/mol. The van der Waals surface area contributed by atoms with Gasteiger partial charge in [0.2, 0.25) is 5.88 Å². The summed E-state index contributed by atoms with van der Waals surface area (Å²) >= 11 is 0. The lowest BCUT2D eigenvalue weighted by Crippen LogP contribution is -2.34. The Morgan fingerprint density at radius 3 is 2.76 bits per heavy atom. The minimum Gasteiger partial charge on any atom is -0.481 e. The van der Waals surface area contributed by atoms with Crippen molar-refractivity contribution in [2.45, 2.75) is 26.4 Å². The van der Waals surface area contributed by atoms with Gasteiger partial charge in [-0.05, 0) is 26.0 Å². The zero-order valence-corrected chi connectivity index (χ0v) is 12.9. The van der Waals surface area contributed by atoms with Crippen LogP contribution in [0.25, 0.3) is 0 Å². The van der Waals surface area contributed by atoms with Crippen LogP contribution in [0.5, 0.6) is 5.88 Å². The fourth-order valence-electron chi connectivity index (χ4n) is 1.38. The minimum atomic E-state index is -3.87. The first-order chi connectivity index (χ1) is 9.72. The topological polar surface area (TPSA) is 109 Å². The Hall–Kier alpha value is -1.87. The summed E-state index contributed by atoms with van der Waals surface area (Å²) in [6.07, 6.45) is 1.05. The van der Waals surface area contributed by atoms with E-state index in [1.165, 1.54) is 19.3 Å². The molecule has 0 aliphatic rings. The highest BCUT2D eigenvalue weighted by molar-refractivity contribution is 7.90. The van der Waals surface area contributed by atoms with Crippen molar-refractivity contribution in [1.82, 2.24) is 9.29 Å². The Morgan fingerprint density at radius 1 is 1.52 bits per heavy atom. The van der Waals surface area contributed by atoms with Crippen LogP contribution in [0.2, 0.25) is 0 Å². The number of carboxylic acid groups (broad SMARTS) is 1. The second-order valence-electron chi connectivity index (χ2n) is 4.60. The Morgan fingerprint density at radius 2 is 2.19 bits per heavy atom. The fourth-order valence-corrected chi connectivity index (χ4v) is 2.30. The Balaban J connectivity index is 2.86. The van der Waals surface area contributed by atoms with Crippen LogP contribution in [0, 0.1) is 0 Å². The normalized spacial score (nSPS) is 11.7. The molecule has 0 saturated heterocycles. The van der Waals surface area contributed by atoms with Gasteiger partial charge >= 0.3 is 16.2 Å². The summed E-state index contributed by atoms with van der Waals surface area (Å²) in [4.78, 5) is 14.5. The van der Waals surface area contributed by atoms with Crippen LogP contribution in [-0.4, -0.2) is 48.5 Å². The van der Waals surface area contributed by atoms with Gasteiger partial charge < -0.3 is 9.84 Å². The maximum absolute atomic E-state index is 12.1. The third-order valence-corrected chi connectivity index (χ3v) is 3.89. The molecule has 0 fully saturated rings. The molecule has 118 valence electrons. The number of hydrogen-bond donors (Lipinski definition) is 2. The summed E-state index contributed by atoms with van der Waals surface area (Å²) in [5.74, 6) is -0.898. The molecule has 2 N–H and O–H groups in total. The van der Waals surface area contributed by atoms with E-state index >= 15 is 0 Å². The van der Waals surface area contributed by atoms with E-state index in [4.69, 9.17) is 9.84 Å². The third-order valence-electron chi connectivity index (χ3n) is 2.41. The van der Waals surface area contributed by atoms with Crippen LogP contribution >= 0.6 is 0 Å². The van der Waals surface area contributed by atoms with Crippen LogP contribution in [0.3, 0.4) is 0 Å². The molecule has 1 rings (SSSR count). The van der Waals surface area contributed by atoms with E-state index in [2.05, 4.69) is 9.71 Å². The first kappa shape index (κ1) is 17.2. The van der Waals surface area contributed by atoms with Gasteiger partial charge in [0.05, 0.1) is 12.5 Å². The van der Waals surface area contributed by atoms with Crippen molar-refractivity contribution in [3.05, 3.63) is 18.3 Å². The molecule has 0 aliphatic carbocycles. The molecular weight excluding hydrogens is 298 g/mol. The number of anilines is 1. The van der Waals surface area contributed by atoms with Crippen molar-refractivity contribution in [1.29, 1.82) is 0 Å². The summed E-state index contributed by atoms with van der Waals surface area (Å²) < 4.78 is 32.9. The summed E-state index contributed by atoms with van der Waals surface area (Å²) in [5, 5.41) is 8.59. The minimum absolute atomic E-state index is 0.134. The molecule has 0 atom stereocenters. The van der Waals surface area contributed by atoms with Crippen molar-refractivity contribution in [3.8, 4) is 5.88 Å². The Bertz CT molecular complexity index is 588. The molecule has 21 heavy (non-hydrogen) atoms. The third kappa shape index (κ3) is 5.56. The standard InChI is InChI=1S/C12H19N3O5S/c1-9(2)20-12-10(5-4-7-13-12)14-21(18,19)15(3)8-6-11(16)17/h4-5,7,9,14H,6,8H2,1-3H3,(H,16,17). The smallest absolute Gasteiger partial charge is 0.304 e. The van der Waals surface area contributed by atoms with Gasteiger partial charge in [0, 0.05) is 19.8 Å². The lowest BCUT2D eigenvalue weighted by atomic mass is 10.4. The second kappa shape index (κ2) is 7.23. The highest BCUT2D eigenvalue weighted by Gasteiger charge is 2.20. The van der Waals surface area contributed by atoms with Crippen molar-refractivity contribution < 1.29 is 23.1 Å². The van der Waals surface area contributed by atoms with Crippen LogP contribution in [-0.2, 0) is 15.0 Å². The van der Waals surface area contributed by atoms with Crippen molar-refractivity contribution in [3.63, 3.8) is 0 Å². The summed E-state index contributed by atoms with van der Waals surface area (Å²) in [7, 11) is -2.57. The van der Waals surface area contributed by atoms with E-state index < -0.39 is 16.2 Å². The molecule has 0 amide bonds. The molecule has 1 aromatic heterocycles. The molecule has 1 aromatic rings. The maximum atomic E-state index is 12.1. The number of carboxylic acids is 1. The van der Waals surface area contributed by atoms with Gasteiger partial charge in [0.15, 0.2) is 0 Å². The second-order valence-corrected chi connectivity index (χ2v) is 6.37. The zero-order valence-electron chi connectivity index (χ0n) is 12.1. The lowest BCUT2D eigenvalue weighted by molar-refractivity contribution is -0.137. The van der Waals surface area contributed by atoms with Gasteiger partial charge in [0.1, 0.15) is 5.69 Å². The van der Waals surface area contributed by atoms with E-state index in [0.29, 0.717) is 0 Å². The number of hydrogen-bond acceptors (Lipinski definition) is 5. The molecule has 0 spiro atoms. The number of rotatable bonds is 8. The molecule has 0 radical (unpaired) electrons. The molecular formula is C12H19N3O5S. The van der Waals surface area contributed by atoms with E-state index in [-0.39, 0.29) is 30.6 Å². The quantitative estimate of drug-likeness (QED) is 0.738. The van der Waals surface area contributed by atoms with Gasteiger partial charge in [0.25, 0.3) is 0 Å². The highest BCUT2D eigenvalue weighted by Crippen LogP contribution is 2.23. The van der Waals surface area contributed by atoms with Gasteiger partial charge in [-0.3, -0.25) is 9.52 Å². The number of carbonyl (C=O) groups is 1. The monoisotopic (exact) mass is 317 g/mol. The molecule has 1 heterocycles. The molecule has 0 bridgehead atoms. The molecule has 0 aromatic carbocycles. The van der Waals surface area contributed by atoms with E-state index in [1.54, 1.807) is 19.9 Å². The molecule has 8 nitrogen and oxygen atoms in total. The SMILES string of the molecule is CC(C)Oc1ncccc1NS(=O)(=O)N(C)CCC(=O)O. The van der Waals surface area contributed by atoms with E-state index in [1.807, 2.05) is 0 Å². The molecule has 0 unspecified atom stereocenters. The van der Waals surface area contributed by atoms with Gasteiger partial charge in [-0.15, -0.1) is 0 Å². The Labute approximate surface area is 123 Å². The number of aliphatic carboxylic acids is 1. The van der Waals surface area contributed by atoms with Gasteiger partial charge in [-0.25, -0.2) is 4.98 Å². The number of aromatic nitrogens is 1. The summed E-state index contributed by atoms with van der Waals surface area (Å²) in [6.45, 7) is 3.46. The average Bonchev–Trinajstić information content (AvgIpc) is 2.37. The predicted molar refractivity (Wildman–Crippen MR) is 77.4 cm³/mol. The summed E-state index contributed by atoms with van der Waals surface area (Å²) in [6, 6.07) is 3.09. The number of nitrogens with one attached hydrogen (secondary N) is 1. The van der Waals surface area contributed by atoms with Gasteiger partial charge in [-0.1, -0.05) is 0 Å². The van der Waals surface area contributed by atoms with E-state index in [0.717, 1.165) is 4.31 Å². The van der Waals surface area contributed by atoms with Crippen molar-refractivity contribution >= 4 is 21.9 Å². The zero-order chi connectivity index (χ0) is 16.0. The van der Waals surface area contributed by atoms with Crippen LogP contribution in [0.15, 0.2) is 18.3 Å². The van der Waals surface area contributed by atoms with Gasteiger partial charge in [-0.2, -0.15) is 12.7 Å². The summed E-state index contributed by atoms with van der Waals surface area (Å²) in [5.41, 5.74) is 0.202. The molecule has 9 heteroatoms. The van der Waals surface area contributed by atoms with Crippen LogP contribution < -0.4 is 9.46 Å². The Kier molecular flexibility index (Phi) is 5.91. The van der Waals surface area contributed by atoms with Crippen molar-refractivity contribution in [2.75, 3.05) is 18.3 Å². The molecule has 0 saturated carbocycles. The number of ether oxygens (including phenoxy) is 1. The van der Waals surface area contributed by atoms with Crippen LogP contribution in [0.4, 0.5) is 5.69 Å². The van der Waals surface area contributed by atoms with Crippen LogP contribution in [0.1, 0.15) is 20.3 Å². The maximum Gasteiger partial charge on any atom is 0.304 e. The first-order valence-corrected chi connectivity index (χ1v) is 7.74. The fraction of sp³-hybridized carbons (Fsp3) is 0.500. The number of nitrogens with zero attached hydrogens (tertiary/aromatic N) is 2.